The minimum absolute atomic E-state index is 0.0368. The van der Waals surface area contributed by atoms with E-state index >= 15 is 0 Å². The Hall–Kier alpha value is -0.870. The summed E-state index contributed by atoms with van der Waals surface area (Å²) in [5.41, 5.74) is 5.82. The van der Waals surface area contributed by atoms with E-state index in [0.29, 0.717) is 6.42 Å². The van der Waals surface area contributed by atoms with Crippen LogP contribution < -0.4 is 5.73 Å². The van der Waals surface area contributed by atoms with Crippen LogP contribution in [-0.2, 0) is 14.9 Å². The maximum Gasteiger partial charge on any atom is 0.306 e. The third-order valence-electron chi connectivity index (χ3n) is 3.08. The van der Waals surface area contributed by atoms with Crippen LogP contribution in [0, 0.1) is 0 Å². The molecule has 1 aromatic heterocycles. The fourth-order valence-corrected chi connectivity index (χ4v) is 2.78. The summed E-state index contributed by atoms with van der Waals surface area (Å²) in [4.78, 5) is 12.6. The van der Waals surface area contributed by atoms with Crippen LogP contribution in [0.2, 0.25) is 0 Å². The molecule has 0 spiro atoms. The minimum Gasteiger partial charge on any atom is -0.469 e. The fraction of sp³-hybridized carbons (Fsp3) is 0.583. The quantitative estimate of drug-likeness (QED) is 0.805. The van der Waals surface area contributed by atoms with E-state index in [0.717, 1.165) is 11.3 Å². The lowest BCUT2D eigenvalue weighted by Gasteiger charge is -2.33. The van der Waals surface area contributed by atoms with Crippen molar-refractivity contribution in [3.63, 3.8) is 0 Å². The summed E-state index contributed by atoms with van der Waals surface area (Å²) in [5.74, 6) is -0.209. The first-order valence-electron chi connectivity index (χ1n) is 5.41. The molecule has 90 valence electrons. The monoisotopic (exact) mass is 241 g/mol. The first-order chi connectivity index (χ1) is 7.54. The summed E-state index contributed by atoms with van der Waals surface area (Å²) >= 11 is 1.64. The number of carbonyl (C=O) groups excluding carboxylic acids is 1. The Morgan fingerprint density at radius 3 is 2.81 bits per heavy atom. The number of hydrogen-bond acceptors (Lipinski definition) is 4. The average Bonchev–Trinajstić information content (AvgIpc) is 2.81. The van der Waals surface area contributed by atoms with Crippen LogP contribution in [0.1, 0.15) is 31.6 Å². The molecule has 2 unspecified atom stereocenters. The Bertz CT molecular complexity index is 337. The van der Waals surface area contributed by atoms with E-state index in [9.17, 15) is 4.79 Å². The van der Waals surface area contributed by atoms with Crippen molar-refractivity contribution in [1.82, 2.24) is 0 Å². The van der Waals surface area contributed by atoms with E-state index in [1.807, 2.05) is 31.4 Å². The zero-order valence-corrected chi connectivity index (χ0v) is 10.8. The van der Waals surface area contributed by atoms with E-state index in [4.69, 9.17) is 10.5 Å². The molecule has 0 aliphatic heterocycles. The van der Waals surface area contributed by atoms with Gasteiger partial charge in [-0.25, -0.2) is 0 Å². The maximum atomic E-state index is 11.5. The van der Waals surface area contributed by atoms with Gasteiger partial charge in [0.05, 0.1) is 13.5 Å². The standard InChI is InChI=1S/C12H19NO2S/c1-4-9(13)12(2,8-11(14)15-3)10-6-5-7-16-10/h5-7,9H,4,8,13H2,1-3H3. The molecule has 0 bridgehead atoms. The van der Waals surface area contributed by atoms with Crippen LogP contribution in [-0.4, -0.2) is 19.1 Å². The number of nitrogens with two attached hydrogens (primary N) is 1. The molecule has 2 atom stereocenters. The molecule has 2 N–H and O–H groups in total. The Labute approximate surface area is 101 Å². The van der Waals surface area contributed by atoms with Gasteiger partial charge in [0, 0.05) is 16.3 Å². The lowest BCUT2D eigenvalue weighted by molar-refractivity contribution is -0.142. The van der Waals surface area contributed by atoms with Gasteiger partial charge >= 0.3 is 5.97 Å². The predicted molar refractivity (Wildman–Crippen MR) is 66.6 cm³/mol. The normalized spacial score (nSPS) is 16.5. The van der Waals surface area contributed by atoms with Crippen molar-refractivity contribution in [3.8, 4) is 0 Å². The van der Waals surface area contributed by atoms with Gasteiger partial charge in [-0.05, 0) is 17.9 Å². The molecule has 1 rings (SSSR count). The van der Waals surface area contributed by atoms with E-state index in [-0.39, 0.29) is 17.4 Å². The lowest BCUT2D eigenvalue weighted by atomic mass is 9.77. The van der Waals surface area contributed by atoms with Gasteiger partial charge in [0.1, 0.15) is 0 Å². The SMILES string of the molecule is CCC(N)C(C)(CC(=O)OC)c1cccs1. The average molecular weight is 241 g/mol. The molecule has 3 nitrogen and oxygen atoms in total. The number of hydrogen-bond donors (Lipinski definition) is 1. The predicted octanol–water partition coefficient (Wildman–Crippen LogP) is 2.31. The third-order valence-corrected chi connectivity index (χ3v) is 4.23. The van der Waals surface area contributed by atoms with Gasteiger partial charge in [0.15, 0.2) is 0 Å². The Kier molecular flexibility index (Phi) is 4.50. The van der Waals surface area contributed by atoms with Crippen LogP contribution in [0.4, 0.5) is 0 Å². The van der Waals surface area contributed by atoms with E-state index in [1.165, 1.54) is 7.11 Å². The van der Waals surface area contributed by atoms with Gasteiger partial charge in [-0.1, -0.05) is 19.9 Å². The number of ether oxygens (including phenoxy) is 1. The molecule has 0 radical (unpaired) electrons. The second kappa shape index (κ2) is 5.46. The van der Waals surface area contributed by atoms with Crippen LogP contribution >= 0.6 is 11.3 Å². The molecule has 0 fully saturated rings. The zero-order chi connectivity index (χ0) is 12.2. The summed E-state index contributed by atoms with van der Waals surface area (Å²) in [6.45, 7) is 4.07. The molecular weight excluding hydrogens is 222 g/mol. The van der Waals surface area contributed by atoms with Crippen molar-refractivity contribution in [2.24, 2.45) is 5.73 Å². The topological polar surface area (TPSA) is 52.3 Å². The second-order valence-corrected chi connectivity index (χ2v) is 5.11. The molecule has 0 saturated heterocycles. The van der Waals surface area contributed by atoms with Crippen LogP contribution in [0.15, 0.2) is 17.5 Å². The van der Waals surface area contributed by atoms with Gasteiger partial charge < -0.3 is 10.5 Å². The Balaban J connectivity index is 2.98. The number of carbonyl (C=O) groups is 1. The van der Waals surface area contributed by atoms with Gasteiger partial charge in [-0.3, -0.25) is 4.79 Å². The third kappa shape index (κ3) is 2.62. The number of methoxy groups -OCH3 is 1. The molecule has 0 aliphatic carbocycles. The number of rotatable bonds is 5. The van der Waals surface area contributed by atoms with Gasteiger partial charge in [-0.15, -0.1) is 11.3 Å². The van der Waals surface area contributed by atoms with Crippen molar-refractivity contribution >= 4 is 17.3 Å². The van der Waals surface area contributed by atoms with Gasteiger partial charge in [0.2, 0.25) is 0 Å². The molecule has 0 aromatic carbocycles. The first-order valence-corrected chi connectivity index (χ1v) is 6.29. The van der Waals surface area contributed by atoms with Crippen LogP contribution in [0.3, 0.4) is 0 Å². The Morgan fingerprint density at radius 2 is 2.38 bits per heavy atom. The van der Waals surface area contributed by atoms with Crippen molar-refractivity contribution in [2.75, 3.05) is 7.11 Å². The number of thiophene rings is 1. The van der Waals surface area contributed by atoms with Gasteiger partial charge in [0.25, 0.3) is 0 Å². The minimum atomic E-state index is -0.323. The maximum absolute atomic E-state index is 11.5. The van der Waals surface area contributed by atoms with E-state index < -0.39 is 0 Å². The highest BCUT2D eigenvalue weighted by atomic mass is 32.1. The smallest absolute Gasteiger partial charge is 0.306 e. The highest BCUT2D eigenvalue weighted by molar-refractivity contribution is 7.10. The van der Waals surface area contributed by atoms with E-state index in [1.54, 1.807) is 11.3 Å². The molecule has 4 heteroatoms. The molecule has 0 amide bonds. The second-order valence-electron chi connectivity index (χ2n) is 4.16. The summed E-state index contributed by atoms with van der Waals surface area (Å²) in [6, 6.07) is 3.98. The Morgan fingerprint density at radius 1 is 1.69 bits per heavy atom. The number of esters is 1. The molecule has 1 aromatic rings. The van der Waals surface area contributed by atoms with E-state index in [2.05, 4.69) is 0 Å². The summed E-state index contributed by atoms with van der Waals surface area (Å²) < 4.78 is 4.75. The highest BCUT2D eigenvalue weighted by Crippen LogP contribution is 2.35. The zero-order valence-electron chi connectivity index (χ0n) is 10.0. The van der Waals surface area contributed by atoms with Crippen LogP contribution in [0.25, 0.3) is 0 Å². The van der Waals surface area contributed by atoms with Crippen molar-refractivity contribution < 1.29 is 9.53 Å². The fourth-order valence-electron chi connectivity index (χ4n) is 1.83. The van der Waals surface area contributed by atoms with Crippen LogP contribution in [0.5, 0.6) is 0 Å². The summed E-state index contributed by atoms with van der Waals surface area (Å²) in [6.07, 6.45) is 1.17. The van der Waals surface area contributed by atoms with Crippen molar-refractivity contribution in [3.05, 3.63) is 22.4 Å². The molecular formula is C12H19NO2S. The first kappa shape index (κ1) is 13.2. The molecule has 1 heterocycles. The molecule has 0 saturated carbocycles. The highest BCUT2D eigenvalue weighted by Gasteiger charge is 2.36. The van der Waals surface area contributed by atoms with Gasteiger partial charge in [-0.2, -0.15) is 0 Å². The molecule has 16 heavy (non-hydrogen) atoms. The summed E-state index contributed by atoms with van der Waals surface area (Å²) in [7, 11) is 1.41. The largest absolute Gasteiger partial charge is 0.469 e. The lowest BCUT2D eigenvalue weighted by Crippen LogP contribution is -2.44. The van der Waals surface area contributed by atoms with Crippen molar-refractivity contribution in [1.29, 1.82) is 0 Å². The van der Waals surface area contributed by atoms with Crippen molar-refractivity contribution in [2.45, 2.75) is 38.1 Å². The molecule has 0 aliphatic rings. The summed E-state index contributed by atoms with van der Waals surface area (Å²) in [5, 5.41) is 2.01.